The Morgan fingerprint density at radius 2 is 1.73 bits per heavy atom. The first-order valence-corrected chi connectivity index (χ1v) is 10.8. The van der Waals surface area contributed by atoms with Gasteiger partial charge in [-0.3, -0.25) is 20.4 Å². The number of hydrogen-bond donors (Lipinski definition) is 2. The number of alkyl halides is 3. The number of carbonyl (C=O) groups excluding carboxylic acids is 2. The summed E-state index contributed by atoms with van der Waals surface area (Å²) < 4.78 is 105. The molecule has 184 valence electrons. The van der Waals surface area contributed by atoms with Crippen LogP contribution in [0.25, 0.3) is 17.6 Å². The van der Waals surface area contributed by atoms with Gasteiger partial charge in [-0.15, -0.1) is 5.10 Å². The van der Waals surface area contributed by atoms with Crippen molar-refractivity contribution in [3.05, 3.63) is 36.2 Å². The Labute approximate surface area is 181 Å². The van der Waals surface area contributed by atoms with Crippen LogP contribution in [0.5, 0.6) is 0 Å². The van der Waals surface area contributed by atoms with E-state index in [1.54, 1.807) is 13.8 Å². The molecular weight excluding hydrogens is 490 g/mol. The fourth-order valence-corrected chi connectivity index (χ4v) is 3.03. The minimum atomic E-state index is -10.4. The maximum Gasteiger partial charge on any atom is 0.416 e. The maximum atomic E-state index is 13.1. The first-order chi connectivity index (χ1) is 14.7. The largest absolute Gasteiger partial charge is 0.416 e. The molecule has 0 saturated carbocycles. The number of hydrazine groups is 1. The molecule has 0 aliphatic rings. The van der Waals surface area contributed by atoms with Gasteiger partial charge in [-0.1, -0.05) is 33.3 Å². The number of amides is 2. The molecule has 1 aromatic carbocycles. The quantitative estimate of drug-likeness (QED) is 0.316. The number of nitrogens with zero attached hydrogens (tertiary/aromatic N) is 3. The van der Waals surface area contributed by atoms with Crippen molar-refractivity contribution in [2.45, 2.75) is 31.3 Å². The molecule has 2 N–H and O–H groups in total. The molecule has 2 amide bonds. The summed E-state index contributed by atoms with van der Waals surface area (Å²) in [5.74, 6) is -2.02. The standard InChI is InChI=1S/C17H17F8N5O2S/c1-10(2)5-15(32)28-27-14(31)3-4-30-9-26-16(29-30)11-6-12(17(18,19)20)8-13(7-11)33(21,22,23,24)25/h3-4,6-10H,5H2,1-2H3,(H,27,31)(H,28,32)/b4-3-. The van der Waals surface area contributed by atoms with E-state index in [1.807, 2.05) is 5.43 Å². The minimum absolute atomic E-state index is 0.0292. The SMILES string of the molecule is CC(C)CC(=O)NNC(=O)/C=C\n1cnc(-c2cc(C(F)(F)F)cc(S(F)(F)(F)(F)F)c2)n1. The monoisotopic (exact) mass is 507 g/mol. The number of hydrogen-bond acceptors (Lipinski definition) is 4. The molecule has 0 spiro atoms. The number of carbonyl (C=O) groups is 2. The van der Waals surface area contributed by atoms with Crippen molar-refractivity contribution in [3.8, 4) is 11.4 Å². The van der Waals surface area contributed by atoms with Gasteiger partial charge in [-0.25, -0.2) is 9.67 Å². The highest BCUT2D eigenvalue weighted by Crippen LogP contribution is 3.02. The van der Waals surface area contributed by atoms with Gasteiger partial charge in [-0.05, 0) is 24.1 Å². The van der Waals surface area contributed by atoms with E-state index < -0.39 is 56.1 Å². The van der Waals surface area contributed by atoms with Crippen molar-refractivity contribution < 1.29 is 42.2 Å². The predicted octanol–water partition coefficient (Wildman–Crippen LogP) is 5.29. The van der Waals surface area contributed by atoms with E-state index in [1.165, 1.54) is 0 Å². The van der Waals surface area contributed by atoms with Crippen LogP contribution in [0.1, 0.15) is 25.8 Å². The molecule has 0 aliphatic carbocycles. The van der Waals surface area contributed by atoms with Crippen molar-refractivity contribution in [1.82, 2.24) is 25.6 Å². The summed E-state index contributed by atoms with van der Waals surface area (Å²) >= 11 is 0. The molecule has 1 aromatic heterocycles. The smallest absolute Gasteiger partial charge is 0.273 e. The van der Waals surface area contributed by atoms with Crippen LogP contribution in [0.2, 0.25) is 0 Å². The summed E-state index contributed by atoms with van der Waals surface area (Å²) in [6, 6.07) is -0.676. The maximum absolute atomic E-state index is 13.1. The van der Waals surface area contributed by atoms with Gasteiger partial charge in [0.1, 0.15) is 11.2 Å². The molecule has 7 nitrogen and oxygen atoms in total. The molecule has 0 unspecified atom stereocenters. The molecule has 0 radical (unpaired) electrons. The molecule has 0 aliphatic heterocycles. The fourth-order valence-electron chi connectivity index (χ4n) is 2.33. The first kappa shape index (κ1) is 26.1. The van der Waals surface area contributed by atoms with Crippen molar-refractivity contribution >= 4 is 28.2 Å². The average molecular weight is 507 g/mol. The normalized spacial score (nSPS) is 14.8. The zero-order valence-corrected chi connectivity index (χ0v) is 17.7. The lowest BCUT2D eigenvalue weighted by Gasteiger charge is -2.40. The number of halogens is 8. The van der Waals surface area contributed by atoms with Crippen molar-refractivity contribution in [2.24, 2.45) is 5.92 Å². The highest BCUT2D eigenvalue weighted by Gasteiger charge is 2.66. The molecule has 16 heteroatoms. The molecule has 0 atom stereocenters. The average Bonchev–Trinajstić information content (AvgIpc) is 3.10. The van der Waals surface area contributed by atoms with E-state index in [9.17, 15) is 42.2 Å². The van der Waals surface area contributed by atoms with Gasteiger partial charge in [-0.2, -0.15) is 13.2 Å². The highest BCUT2D eigenvalue weighted by molar-refractivity contribution is 8.45. The highest BCUT2D eigenvalue weighted by atomic mass is 32.5. The molecule has 2 aromatic rings. The van der Waals surface area contributed by atoms with Gasteiger partial charge in [0.2, 0.25) is 5.91 Å². The second-order valence-corrected chi connectivity index (χ2v) is 9.62. The summed E-state index contributed by atoms with van der Waals surface area (Å²) in [5, 5.41) is 3.56. The molecule has 0 fully saturated rings. The second kappa shape index (κ2) is 8.00. The topological polar surface area (TPSA) is 88.9 Å². The van der Waals surface area contributed by atoms with Crippen LogP contribution in [-0.2, 0) is 15.8 Å². The van der Waals surface area contributed by atoms with E-state index >= 15 is 0 Å². The molecule has 1 heterocycles. The van der Waals surface area contributed by atoms with Gasteiger partial charge < -0.3 is 0 Å². The number of rotatable bonds is 6. The van der Waals surface area contributed by atoms with Crippen LogP contribution >= 0.6 is 10.2 Å². The van der Waals surface area contributed by atoms with Crippen LogP contribution in [0.4, 0.5) is 32.6 Å². The Bertz CT molecular complexity index is 1090. The Hall–Kier alpha value is -3.17. The summed E-state index contributed by atoms with van der Waals surface area (Å²) in [4.78, 5) is 23.9. The summed E-state index contributed by atoms with van der Waals surface area (Å²) in [7, 11) is -10.4. The van der Waals surface area contributed by atoms with E-state index in [-0.39, 0.29) is 24.5 Å². The third kappa shape index (κ3) is 7.73. The third-order valence-corrected chi connectivity index (χ3v) is 4.87. The molecule has 33 heavy (non-hydrogen) atoms. The van der Waals surface area contributed by atoms with Gasteiger partial charge >= 0.3 is 16.4 Å². The number of aromatic nitrogens is 3. The fraction of sp³-hybridized carbons (Fsp3) is 0.294. The number of nitrogens with one attached hydrogen (secondary N) is 2. The Morgan fingerprint density at radius 3 is 2.27 bits per heavy atom. The predicted molar refractivity (Wildman–Crippen MR) is 103 cm³/mol. The van der Waals surface area contributed by atoms with Gasteiger partial charge in [0, 0.05) is 24.3 Å². The summed E-state index contributed by atoms with van der Waals surface area (Å²) in [5.41, 5.74) is 1.22. The van der Waals surface area contributed by atoms with Crippen LogP contribution in [0.3, 0.4) is 0 Å². The molecule has 0 saturated heterocycles. The van der Waals surface area contributed by atoms with E-state index in [0.29, 0.717) is 0 Å². The van der Waals surface area contributed by atoms with E-state index in [2.05, 4.69) is 15.5 Å². The van der Waals surface area contributed by atoms with Gasteiger partial charge in [0.05, 0.1) is 5.56 Å². The van der Waals surface area contributed by atoms with E-state index in [0.717, 1.165) is 23.3 Å². The van der Waals surface area contributed by atoms with Crippen LogP contribution in [0.15, 0.2) is 35.5 Å². The van der Waals surface area contributed by atoms with E-state index in [4.69, 9.17) is 0 Å². The Kier molecular flexibility index (Phi) is 6.32. The van der Waals surface area contributed by atoms with Crippen molar-refractivity contribution in [1.29, 1.82) is 0 Å². The van der Waals surface area contributed by atoms with Crippen molar-refractivity contribution in [3.63, 3.8) is 0 Å². The van der Waals surface area contributed by atoms with Crippen LogP contribution < -0.4 is 10.9 Å². The molecule has 2 rings (SSSR count). The molecule has 0 bridgehead atoms. The minimum Gasteiger partial charge on any atom is -0.273 e. The van der Waals surface area contributed by atoms with Gasteiger partial charge in [0.15, 0.2) is 5.82 Å². The number of benzene rings is 1. The summed E-state index contributed by atoms with van der Waals surface area (Å²) in [6.07, 6.45) is -2.67. The molecular formula is C17H17F8N5O2S. The lowest BCUT2D eigenvalue weighted by Crippen LogP contribution is -2.41. The summed E-state index contributed by atoms with van der Waals surface area (Å²) in [6.45, 7) is 3.54. The zero-order valence-electron chi connectivity index (χ0n) is 16.8. The lowest BCUT2D eigenvalue weighted by molar-refractivity contribution is -0.137. The van der Waals surface area contributed by atoms with Crippen LogP contribution in [0, 0.1) is 5.92 Å². The van der Waals surface area contributed by atoms with Gasteiger partial charge in [0.25, 0.3) is 5.91 Å². The third-order valence-electron chi connectivity index (χ3n) is 3.74. The second-order valence-electron chi connectivity index (χ2n) is 7.21. The van der Waals surface area contributed by atoms with Crippen LogP contribution in [-0.4, -0.2) is 26.6 Å². The Morgan fingerprint density at radius 1 is 1.09 bits per heavy atom. The zero-order chi connectivity index (χ0) is 25.3. The lowest BCUT2D eigenvalue weighted by atomic mass is 10.1. The first-order valence-electron chi connectivity index (χ1n) is 8.89. The van der Waals surface area contributed by atoms with Crippen molar-refractivity contribution in [2.75, 3.05) is 0 Å². The Balaban J connectivity index is 2.28.